The molecule has 0 spiro atoms. The van der Waals surface area contributed by atoms with Crippen LogP contribution in [-0.4, -0.2) is 22.9 Å². The normalized spacial score (nSPS) is 20.1. The third-order valence-electron chi connectivity index (χ3n) is 4.26. The first kappa shape index (κ1) is 15.2. The predicted molar refractivity (Wildman–Crippen MR) is 85.6 cm³/mol. The molecule has 0 amide bonds. The van der Waals surface area contributed by atoms with E-state index in [1.54, 1.807) is 0 Å². The maximum atomic E-state index is 12.9. The molecule has 0 aliphatic carbocycles. The van der Waals surface area contributed by atoms with Gasteiger partial charge in [-0.05, 0) is 25.0 Å². The van der Waals surface area contributed by atoms with Gasteiger partial charge in [-0.1, -0.05) is 60.7 Å². The summed E-state index contributed by atoms with van der Waals surface area (Å²) in [4.78, 5) is 0. The van der Waals surface area contributed by atoms with Gasteiger partial charge >= 0.3 is 0 Å². The minimum atomic E-state index is -0.827. The fourth-order valence-corrected chi connectivity index (χ4v) is 3.12. The Kier molecular flexibility index (Phi) is 4.04. The van der Waals surface area contributed by atoms with Gasteiger partial charge in [-0.25, -0.2) is 0 Å². The van der Waals surface area contributed by atoms with E-state index in [9.17, 15) is 5.21 Å². The molecule has 1 saturated heterocycles. The van der Waals surface area contributed by atoms with E-state index >= 15 is 0 Å². The van der Waals surface area contributed by atoms with Crippen LogP contribution >= 0.6 is 0 Å². The van der Waals surface area contributed by atoms with E-state index in [1.165, 1.54) is 5.06 Å². The summed E-state index contributed by atoms with van der Waals surface area (Å²) in [5.74, 6) is 0. The summed E-state index contributed by atoms with van der Waals surface area (Å²) in [6.07, 6.45) is 1.19. The van der Waals surface area contributed by atoms with E-state index in [0.29, 0.717) is 19.4 Å². The van der Waals surface area contributed by atoms with E-state index in [2.05, 4.69) is 24.3 Å². The third kappa shape index (κ3) is 2.93. The predicted octanol–water partition coefficient (Wildman–Crippen LogP) is 3.62. The SMILES string of the molecule is CC1(C)COC(Cc2ccccc2)(Cc2ccccc2)N1[O]. The van der Waals surface area contributed by atoms with E-state index in [-0.39, 0.29) is 0 Å². The topological polar surface area (TPSA) is 32.4 Å². The van der Waals surface area contributed by atoms with E-state index in [0.717, 1.165) is 11.1 Å². The number of hydrogen-bond donors (Lipinski definition) is 0. The van der Waals surface area contributed by atoms with Gasteiger partial charge in [0.25, 0.3) is 0 Å². The molecule has 1 heterocycles. The van der Waals surface area contributed by atoms with Gasteiger partial charge in [0.1, 0.15) is 0 Å². The lowest BCUT2D eigenvalue weighted by atomic mass is 9.93. The highest BCUT2D eigenvalue weighted by molar-refractivity contribution is 5.22. The Hall–Kier alpha value is -1.68. The van der Waals surface area contributed by atoms with E-state index in [4.69, 9.17) is 4.74 Å². The van der Waals surface area contributed by atoms with Gasteiger partial charge in [0.05, 0.1) is 12.1 Å². The van der Waals surface area contributed by atoms with Crippen molar-refractivity contribution in [3.05, 3.63) is 71.8 Å². The molecule has 0 aromatic heterocycles. The van der Waals surface area contributed by atoms with E-state index in [1.807, 2.05) is 50.2 Å². The standard InChI is InChI=1S/C19H22NO2/c1-18(2)15-22-19(20(18)21,13-16-9-5-3-6-10-16)14-17-11-7-4-8-12-17/h3-12H,13-15H2,1-2H3. The zero-order valence-electron chi connectivity index (χ0n) is 13.2. The number of nitrogens with zero attached hydrogens (tertiary/aromatic N) is 1. The van der Waals surface area contributed by atoms with Gasteiger partial charge in [0, 0.05) is 12.8 Å². The second kappa shape index (κ2) is 5.84. The van der Waals surface area contributed by atoms with Gasteiger partial charge in [-0.2, -0.15) is 0 Å². The average molecular weight is 296 g/mol. The van der Waals surface area contributed by atoms with Crippen molar-refractivity contribution in [2.45, 2.75) is 38.0 Å². The summed E-state index contributed by atoms with van der Waals surface area (Å²) in [6.45, 7) is 4.34. The van der Waals surface area contributed by atoms with Crippen molar-refractivity contribution in [3.63, 3.8) is 0 Å². The fraction of sp³-hybridized carbons (Fsp3) is 0.368. The summed E-state index contributed by atoms with van der Waals surface area (Å²) in [7, 11) is 0. The first-order chi connectivity index (χ1) is 10.5. The van der Waals surface area contributed by atoms with Crippen LogP contribution < -0.4 is 0 Å². The average Bonchev–Trinajstić information content (AvgIpc) is 2.74. The Labute approximate surface area is 132 Å². The van der Waals surface area contributed by atoms with Gasteiger partial charge in [0.15, 0.2) is 5.72 Å². The van der Waals surface area contributed by atoms with Crippen LogP contribution in [0, 0.1) is 0 Å². The molecule has 0 unspecified atom stereocenters. The Bertz CT molecular complexity index is 568. The summed E-state index contributed by atoms with van der Waals surface area (Å²) < 4.78 is 6.09. The first-order valence-corrected chi connectivity index (χ1v) is 7.71. The van der Waals surface area contributed by atoms with Crippen LogP contribution in [0.2, 0.25) is 0 Å². The summed E-state index contributed by atoms with van der Waals surface area (Å²) in [5, 5.41) is 14.1. The summed E-state index contributed by atoms with van der Waals surface area (Å²) >= 11 is 0. The van der Waals surface area contributed by atoms with Gasteiger partial charge in [-0.3, -0.25) is 0 Å². The molecule has 3 rings (SSSR count). The minimum absolute atomic E-state index is 0.455. The number of hydroxylamine groups is 2. The van der Waals surface area contributed by atoms with Crippen molar-refractivity contribution >= 4 is 0 Å². The first-order valence-electron chi connectivity index (χ1n) is 7.71. The fourth-order valence-electron chi connectivity index (χ4n) is 3.12. The van der Waals surface area contributed by atoms with Gasteiger partial charge in [0.2, 0.25) is 0 Å². The Morgan fingerprint density at radius 1 is 0.909 bits per heavy atom. The smallest absolute Gasteiger partial charge is 0.155 e. The summed E-state index contributed by atoms with van der Waals surface area (Å²) in [5.41, 5.74) is 0.921. The molecule has 1 aliphatic rings. The van der Waals surface area contributed by atoms with Crippen LogP contribution in [0.25, 0.3) is 0 Å². The molecule has 0 N–H and O–H groups in total. The Morgan fingerprint density at radius 2 is 1.36 bits per heavy atom. The molecule has 0 bridgehead atoms. The maximum Gasteiger partial charge on any atom is 0.155 e. The molecule has 3 nitrogen and oxygen atoms in total. The Morgan fingerprint density at radius 3 is 1.73 bits per heavy atom. The van der Waals surface area contributed by atoms with Crippen molar-refractivity contribution < 1.29 is 9.94 Å². The molecular formula is C19H22NO2. The number of benzene rings is 2. The molecule has 0 saturated carbocycles. The molecule has 22 heavy (non-hydrogen) atoms. The molecule has 1 radical (unpaired) electrons. The van der Waals surface area contributed by atoms with Crippen LogP contribution in [0.1, 0.15) is 25.0 Å². The highest BCUT2D eigenvalue weighted by atomic mass is 16.6. The lowest BCUT2D eigenvalue weighted by Gasteiger charge is -2.35. The second-order valence-electron chi connectivity index (χ2n) is 6.67. The molecule has 115 valence electrons. The molecule has 2 aromatic carbocycles. The molecule has 1 aliphatic heterocycles. The molecular weight excluding hydrogens is 274 g/mol. The van der Waals surface area contributed by atoms with Gasteiger partial charge in [-0.15, -0.1) is 10.3 Å². The van der Waals surface area contributed by atoms with Crippen molar-refractivity contribution in [3.8, 4) is 0 Å². The lowest BCUT2D eigenvalue weighted by Crippen LogP contribution is -2.52. The lowest BCUT2D eigenvalue weighted by molar-refractivity contribution is -0.290. The number of hydrogen-bond acceptors (Lipinski definition) is 2. The zero-order chi connectivity index (χ0) is 15.6. The third-order valence-corrected chi connectivity index (χ3v) is 4.26. The minimum Gasteiger partial charge on any atom is -0.355 e. The highest BCUT2D eigenvalue weighted by Crippen LogP contribution is 2.38. The molecule has 2 aromatic rings. The summed E-state index contributed by atoms with van der Waals surface area (Å²) in [6, 6.07) is 20.2. The highest BCUT2D eigenvalue weighted by Gasteiger charge is 2.52. The largest absolute Gasteiger partial charge is 0.355 e. The molecule has 3 heteroatoms. The van der Waals surface area contributed by atoms with Crippen molar-refractivity contribution in [1.82, 2.24) is 5.06 Å². The second-order valence-corrected chi connectivity index (χ2v) is 6.67. The number of rotatable bonds is 4. The Balaban J connectivity index is 1.92. The quantitative estimate of drug-likeness (QED) is 0.863. The molecule has 0 atom stereocenters. The van der Waals surface area contributed by atoms with E-state index < -0.39 is 11.3 Å². The van der Waals surface area contributed by atoms with Crippen molar-refractivity contribution in [1.29, 1.82) is 0 Å². The van der Waals surface area contributed by atoms with Crippen molar-refractivity contribution in [2.24, 2.45) is 0 Å². The zero-order valence-corrected chi connectivity index (χ0v) is 13.2. The molecule has 1 fully saturated rings. The van der Waals surface area contributed by atoms with Crippen LogP contribution in [0.5, 0.6) is 0 Å². The monoisotopic (exact) mass is 296 g/mol. The van der Waals surface area contributed by atoms with Crippen molar-refractivity contribution in [2.75, 3.05) is 6.61 Å². The number of ether oxygens (including phenoxy) is 1. The van der Waals surface area contributed by atoms with Crippen LogP contribution in [0.15, 0.2) is 60.7 Å². The van der Waals surface area contributed by atoms with Crippen LogP contribution in [0.3, 0.4) is 0 Å². The van der Waals surface area contributed by atoms with Crippen LogP contribution in [-0.2, 0) is 22.8 Å². The van der Waals surface area contributed by atoms with Crippen LogP contribution in [0.4, 0.5) is 0 Å². The maximum absolute atomic E-state index is 12.9. The van der Waals surface area contributed by atoms with Gasteiger partial charge < -0.3 is 4.74 Å².